The summed E-state index contributed by atoms with van der Waals surface area (Å²) in [6.45, 7) is 4.03. The number of carbonyl (C=O) groups excluding carboxylic acids is 3. The first-order valence-electron chi connectivity index (χ1n) is 7.58. The number of methoxy groups -OCH3 is 1. The summed E-state index contributed by atoms with van der Waals surface area (Å²) in [5.74, 6) is -0.217. The lowest BCUT2D eigenvalue weighted by atomic mass is 10.1. The van der Waals surface area contributed by atoms with Gasteiger partial charge in [-0.05, 0) is 25.5 Å². The Balaban J connectivity index is 2.02. The number of carbonyl (C=O) groups is 3. The maximum absolute atomic E-state index is 12.2. The monoisotopic (exact) mass is 334 g/mol. The molecule has 2 rings (SSSR count). The number of aromatic nitrogens is 1. The van der Waals surface area contributed by atoms with Gasteiger partial charge in [-0.1, -0.05) is 0 Å². The number of nitrogens with zero attached hydrogens (tertiary/aromatic N) is 3. The average molecular weight is 334 g/mol. The van der Waals surface area contributed by atoms with Crippen LogP contribution in [0.1, 0.15) is 23.2 Å². The smallest absolute Gasteiger partial charge is 0.326 e. The van der Waals surface area contributed by atoms with Crippen LogP contribution in [0.4, 0.5) is 4.79 Å². The minimum Gasteiger partial charge on any atom is -0.481 e. The molecule has 1 fully saturated rings. The first-order chi connectivity index (χ1) is 11.3. The Labute approximate surface area is 140 Å². The van der Waals surface area contributed by atoms with Crippen LogP contribution in [0.15, 0.2) is 6.07 Å². The van der Waals surface area contributed by atoms with Crippen molar-refractivity contribution in [1.82, 2.24) is 20.1 Å². The molecule has 24 heavy (non-hydrogen) atoms. The minimum atomic E-state index is -0.762. The van der Waals surface area contributed by atoms with Gasteiger partial charge in [0.2, 0.25) is 11.8 Å². The molecule has 1 aliphatic rings. The van der Waals surface area contributed by atoms with Gasteiger partial charge in [0.25, 0.3) is 5.91 Å². The van der Waals surface area contributed by atoms with Crippen molar-refractivity contribution in [2.24, 2.45) is 0 Å². The van der Waals surface area contributed by atoms with Crippen LogP contribution in [-0.2, 0) is 16.1 Å². The SMILES string of the molecule is COc1nc(C)cc(C)c1CNC(=O)CC1C(=O)N(C)C(=O)N1C. The summed E-state index contributed by atoms with van der Waals surface area (Å²) in [5.41, 5.74) is 2.58. The molecule has 8 nitrogen and oxygen atoms in total. The molecule has 4 amide bonds. The molecule has 1 atom stereocenters. The molecule has 1 aliphatic heterocycles. The fraction of sp³-hybridized carbons (Fsp3) is 0.500. The van der Waals surface area contributed by atoms with E-state index in [9.17, 15) is 14.4 Å². The van der Waals surface area contributed by atoms with Crippen molar-refractivity contribution in [1.29, 1.82) is 0 Å². The fourth-order valence-corrected chi connectivity index (χ4v) is 2.73. The van der Waals surface area contributed by atoms with E-state index in [1.807, 2.05) is 19.9 Å². The van der Waals surface area contributed by atoms with Crippen molar-refractivity contribution >= 4 is 17.8 Å². The lowest BCUT2D eigenvalue weighted by Crippen LogP contribution is -2.37. The molecule has 1 N–H and O–H groups in total. The topological polar surface area (TPSA) is 91.8 Å². The van der Waals surface area contributed by atoms with E-state index in [4.69, 9.17) is 4.74 Å². The Morgan fingerprint density at radius 1 is 1.33 bits per heavy atom. The van der Waals surface area contributed by atoms with E-state index in [1.54, 1.807) is 0 Å². The normalized spacial score (nSPS) is 17.5. The second-order valence-corrected chi connectivity index (χ2v) is 5.86. The highest BCUT2D eigenvalue weighted by Crippen LogP contribution is 2.21. The predicted octanol–water partition coefficient (Wildman–Crippen LogP) is 0.606. The Kier molecular flexibility index (Phi) is 5.06. The van der Waals surface area contributed by atoms with Gasteiger partial charge in [-0.2, -0.15) is 0 Å². The Bertz CT molecular complexity index is 689. The number of hydrogen-bond acceptors (Lipinski definition) is 5. The van der Waals surface area contributed by atoms with E-state index >= 15 is 0 Å². The number of hydrogen-bond donors (Lipinski definition) is 1. The van der Waals surface area contributed by atoms with Gasteiger partial charge in [0.15, 0.2) is 0 Å². The summed E-state index contributed by atoms with van der Waals surface area (Å²) in [4.78, 5) is 42.5. The van der Waals surface area contributed by atoms with Gasteiger partial charge in [-0.15, -0.1) is 0 Å². The highest BCUT2D eigenvalue weighted by atomic mass is 16.5. The number of aryl methyl sites for hydroxylation is 2. The van der Waals surface area contributed by atoms with Crippen LogP contribution >= 0.6 is 0 Å². The number of likely N-dealkylation sites (N-methyl/N-ethyl adjacent to an activating group) is 2. The zero-order valence-electron chi connectivity index (χ0n) is 14.5. The third-order valence-electron chi connectivity index (χ3n) is 4.14. The van der Waals surface area contributed by atoms with Gasteiger partial charge in [0, 0.05) is 31.9 Å². The molecule has 8 heteroatoms. The predicted molar refractivity (Wildman–Crippen MR) is 86.4 cm³/mol. The third-order valence-corrected chi connectivity index (χ3v) is 4.14. The van der Waals surface area contributed by atoms with Crippen molar-refractivity contribution in [2.75, 3.05) is 21.2 Å². The molecule has 1 saturated heterocycles. The largest absolute Gasteiger partial charge is 0.481 e. The van der Waals surface area contributed by atoms with Gasteiger partial charge in [-0.3, -0.25) is 14.5 Å². The molecular weight excluding hydrogens is 312 g/mol. The number of imide groups is 1. The van der Waals surface area contributed by atoms with E-state index in [0.717, 1.165) is 21.7 Å². The molecule has 0 aliphatic carbocycles. The summed E-state index contributed by atoms with van der Waals surface area (Å²) < 4.78 is 5.26. The highest BCUT2D eigenvalue weighted by Gasteiger charge is 2.41. The van der Waals surface area contributed by atoms with Crippen LogP contribution in [0.25, 0.3) is 0 Å². The molecule has 0 aromatic carbocycles. The minimum absolute atomic E-state index is 0.0773. The van der Waals surface area contributed by atoms with Gasteiger partial charge in [0.05, 0.1) is 13.5 Å². The Morgan fingerprint density at radius 3 is 2.54 bits per heavy atom. The quantitative estimate of drug-likeness (QED) is 0.797. The van der Waals surface area contributed by atoms with Crippen molar-refractivity contribution in [2.45, 2.75) is 32.9 Å². The number of pyridine rings is 1. The van der Waals surface area contributed by atoms with E-state index in [1.165, 1.54) is 26.1 Å². The molecule has 1 unspecified atom stereocenters. The van der Waals surface area contributed by atoms with Gasteiger partial charge >= 0.3 is 6.03 Å². The molecule has 0 spiro atoms. The Morgan fingerprint density at radius 2 is 2.00 bits per heavy atom. The summed E-state index contributed by atoms with van der Waals surface area (Å²) in [6.07, 6.45) is -0.0773. The summed E-state index contributed by atoms with van der Waals surface area (Å²) in [7, 11) is 4.45. The fourth-order valence-electron chi connectivity index (χ4n) is 2.73. The van der Waals surface area contributed by atoms with Crippen molar-refractivity contribution in [3.63, 3.8) is 0 Å². The first kappa shape index (κ1) is 17.7. The molecule has 1 aromatic heterocycles. The van der Waals surface area contributed by atoms with Crippen LogP contribution in [0.2, 0.25) is 0 Å². The maximum atomic E-state index is 12.2. The van der Waals surface area contributed by atoms with E-state index in [-0.39, 0.29) is 24.8 Å². The first-order valence-corrected chi connectivity index (χ1v) is 7.58. The molecule has 0 radical (unpaired) electrons. The van der Waals surface area contributed by atoms with E-state index < -0.39 is 12.1 Å². The summed E-state index contributed by atoms with van der Waals surface area (Å²) in [6, 6.07) is 0.742. The number of ether oxygens (including phenoxy) is 1. The summed E-state index contributed by atoms with van der Waals surface area (Å²) >= 11 is 0. The van der Waals surface area contributed by atoms with Gasteiger partial charge in [-0.25, -0.2) is 9.78 Å². The number of amides is 4. The molecule has 1 aromatic rings. The number of urea groups is 1. The lowest BCUT2D eigenvalue weighted by molar-refractivity contribution is -0.131. The zero-order valence-corrected chi connectivity index (χ0v) is 14.5. The zero-order chi connectivity index (χ0) is 18.0. The standard InChI is InChI=1S/C16H22N4O4/c1-9-6-10(2)18-14(24-5)11(9)8-17-13(21)7-12-15(22)20(4)16(23)19(12)3/h6,12H,7-8H2,1-5H3,(H,17,21). The van der Waals surface area contributed by atoms with Crippen LogP contribution in [0, 0.1) is 13.8 Å². The van der Waals surface area contributed by atoms with Crippen LogP contribution < -0.4 is 10.1 Å². The summed E-state index contributed by atoms with van der Waals surface area (Å²) in [5, 5.41) is 2.76. The molecule has 2 heterocycles. The van der Waals surface area contributed by atoms with Crippen molar-refractivity contribution < 1.29 is 19.1 Å². The molecule has 0 saturated carbocycles. The van der Waals surface area contributed by atoms with Crippen molar-refractivity contribution in [3.8, 4) is 5.88 Å². The molecular formula is C16H22N4O4. The lowest BCUT2D eigenvalue weighted by Gasteiger charge is -2.16. The van der Waals surface area contributed by atoms with E-state index in [2.05, 4.69) is 10.3 Å². The average Bonchev–Trinajstić information content (AvgIpc) is 2.71. The second-order valence-electron chi connectivity index (χ2n) is 5.86. The highest BCUT2D eigenvalue weighted by molar-refractivity contribution is 6.05. The third kappa shape index (κ3) is 3.32. The van der Waals surface area contributed by atoms with Crippen molar-refractivity contribution in [3.05, 3.63) is 22.9 Å². The van der Waals surface area contributed by atoms with Crippen LogP contribution in [0.5, 0.6) is 5.88 Å². The van der Waals surface area contributed by atoms with E-state index in [0.29, 0.717) is 5.88 Å². The number of rotatable bonds is 5. The Hall–Kier alpha value is -2.64. The van der Waals surface area contributed by atoms with Gasteiger partial charge in [0.1, 0.15) is 6.04 Å². The van der Waals surface area contributed by atoms with Gasteiger partial charge < -0.3 is 15.0 Å². The number of nitrogens with one attached hydrogen (secondary N) is 1. The van der Waals surface area contributed by atoms with Crippen LogP contribution in [0.3, 0.4) is 0 Å². The molecule has 130 valence electrons. The molecule has 0 bridgehead atoms. The maximum Gasteiger partial charge on any atom is 0.326 e. The van der Waals surface area contributed by atoms with Crippen LogP contribution in [-0.4, -0.2) is 59.9 Å². The second kappa shape index (κ2) is 6.86.